The first-order valence-corrected chi connectivity index (χ1v) is 5.32. The van der Waals surface area contributed by atoms with Crippen molar-refractivity contribution >= 4 is 23.2 Å². The summed E-state index contributed by atoms with van der Waals surface area (Å²) >= 11 is 6.04. The average Bonchev–Trinajstić information content (AvgIpc) is 2.56. The van der Waals surface area contributed by atoms with Gasteiger partial charge >= 0.3 is 5.97 Å². The normalized spacial score (nSPS) is 10.7. The molecule has 4 nitrogen and oxygen atoms in total. The summed E-state index contributed by atoms with van der Waals surface area (Å²) in [5.74, 6) is -0.492. The van der Waals surface area contributed by atoms with E-state index in [-0.39, 0.29) is 10.8 Å². The van der Waals surface area contributed by atoms with Crippen LogP contribution in [0.25, 0.3) is 5.65 Å². The molecule has 0 amide bonds. The van der Waals surface area contributed by atoms with Crippen LogP contribution in [0.5, 0.6) is 0 Å². The molecule has 0 bridgehead atoms. The van der Waals surface area contributed by atoms with Gasteiger partial charge in [-0.25, -0.2) is 9.78 Å². The zero-order valence-electron chi connectivity index (χ0n) is 9.03. The van der Waals surface area contributed by atoms with Gasteiger partial charge in [0.2, 0.25) is 0 Å². The number of nitrogens with zero attached hydrogens (tertiary/aromatic N) is 2. The molecule has 84 valence electrons. The first kappa shape index (κ1) is 11.0. The molecule has 0 aliphatic heterocycles. The molecule has 0 radical (unpaired) electrons. The van der Waals surface area contributed by atoms with Crippen LogP contribution in [0.2, 0.25) is 5.15 Å². The van der Waals surface area contributed by atoms with Gasteiger partial charge in [-0.05, 0) is 31.5 Å². The largest absolute Gasteiger partial charge is 0.461 e. The summed E-state index contributed by atoms with van der Waals surface area (Å²) in [7, 11) is 0. The predicted octanol–water partition coefficient (Wildman–Crippen LogP) is 2.47. The molecule has 0 saturated carbocycles. The minimum atomic E-state index is -0.492. The third kappa shape index (κ3) is 1.76. The molecule has 2 heterocycles. The first-order valence-electron chi connectivity index (χ1n) is 4.94. The fraction of sp³-hybridized carbons (Fsp3) is 0.273. The second-order valence-electron chi connectivity index (χ2n) is 3.40. The Morgan fingerprint density at radius 1 is 1.62 bits per heavy atom. The fourth-order valence-electron chi connectivity index (χ4n) is 1.45. The Bertz CT molecular complexity index is 548. The van der Waals surface area contributed by atoms with E-state index >= 15 is 0 Å². The van der Waals surface area contributed by atoms with Crippen LogP contribution in [0.15, 0.2) is 18.3 Å². The Hall–Kier alpha value is -1.55. The van der Waals surface area contributed by atoms with Crippen molar-refractivity contribution in [3.63, 3.8) is 0 Å². The van der Waals surface area contributed by atoms with Crippen molar-refractivity contribution in [2.75, 3.05) is 6.61 Å². The highest BCUT2D eigenvalue weighted by atomic mass is 35.5. The van der Waals surface area contributed by atoms with Gasteiger partial charge in [0.15, 0.2) is 5.69 Å². The monoisotopic (exact) mass is 238 g/mol. The zero-order valence-corrected chi connectivity index (χ0v) is 9.78. The Morgan fingerprint density at radius 2 is 2.38 bits per heavy atom. The number of fused-ring (bicyclic) bond motifs is 1. The highest BCUT2D eigenvalue weighted by Crippen LogP contribution is 2.19. The van der Waals surface area contributed by atoms with E-state index < -0.39 is 5.97 Å². The topological polar surface area (TPSA) is 43.6 Å². The van der Waals surface area contributed by atoms with Gasteiger partial charge in [-0.3, -0.25) is 4.40 Å². The standard InChI is InChI=1S/C11H11ClN2O2/c1-3-16-11(15)9-10(12)14-5-4-7(2)6-8(14)13-9/h4-6H,3H2,1-2H3. The minimum Gasteiger partial charge on any atom is -0.461 e. The van der Waals surface area contributed by atoms with E-state index in [2.05, 4.69) is 4.98 Å². The number of carbonyl (C=O) groups is 1. The number of carbonyl (C=O) groups excluding carboxylic acids is 1. The van der Waals surface area contributed by atoms with Crippen LogP contribution in [-0.4, -0.2) is 22.0 Å². The lowest BCUT2D eigenvalue weighted by molar-refractivity contribution is 0.0520. The van der Waals surface area contributed by atoms with Crippen LogP contribution in [0, 0.1) is 6.92 Å². The summed E-state index contributed by atoms with van der Waals surface area (Å²) in [5, 5.41) is 0.286. The zero-order chi connectivity index (χ0) is 11.7. The summed E-state index contributed by atoms with van der Waals surface area (Å²) in [6, 6.07) is 3.75. The van der Waals surface area contributed by atoms with Gasteiger partial charge in [0.05, 0.1) is 6.61 Å². The molecule has 0 N–H and O–H groups in total. The van der Waals surface area contributed by atoms with Crippen molar-refractivity contribution < 1.29 is 9.53 Å². The molecular weight excluding hydrogens is 228 g/mol. The molecule has 2 rings (SSSR count). The maximum atomic E-state index is 11.5. The van der Waals surface area contributed by atoms with Crippen molar-refractivity contribution in [1.82, 2.24) is 9.38 Å². The lowest BCUT2D eigenvalue weighted by Gasteiger charge is -1.97. The summed E-state index contributed by atoms with van der Waals surface area (Å²) in [6.07, 6.45) is 1.78. The van der Waals surface area contributed by atoms with Crippen LogP contribution in [0.1, 0.15) is 23.0 Å². The van der Waals surface area contributed by atoms with E-state index in [0.717, 1.165) is 5.56 Å². The average molecular weight is 239 g/mol. The molecule has 0 unspecified atom stereocenters. The van der Waals surface area contributed by atoms with Gasteiger partial charge in [-0.1, -0.05) is 11.6 Å². The molecule has 16 heavy (non-hydrogen) atoms. The number of hydrogen-bond acceptors (Lipinski definition) is 3. The molecule has 2 aromatic rings. The van der Waals surface area contributed by atoms with Gasteiger partial charge in [-0.15, -0.1) is 0 Å². The van der Waals surface area contributed by atoms with E-state index in [0.29, 0.717) is 12.3 Å². The lowest BCUT2D eigenvalue weighted by Crippen LogP contribution is -2.05. The number of rotatable bonds is 2. The van der Waals surface area contributed by atoms with Crippen LogP contribution >= 0.6 is 11.6 Å². The summed E-state index contributed by atoms with van der Waals surface area (Å²) in [4.78, 5) is 15.7. The molecule has 5 heteroatoms. The molecule has 0 aliphatic rings. The summed E-state index contributed by atoms with van der Waals surface area (Å²) in [5.41, 5.74) is 1.87. The van der Waals surface area contributed by atoms with Crippen molar-refractivity contribution in [2.45, 2.75) is 13.8 Å². The van der Waals surface area contributed by atoms with Gasteiger partial charge in [0.1, 0.15) is 10.8 Å². The number of aryl methyl sites for hydroxylation is 1. The fourth-order valence-corrected chi connectivity index (χ4v) is 1.71. The van der Waals surface area contributed by atoms with Crippen LogP contribution < -0.4 is 0 Å². The molecule has 0 aliphatic carbocycles. The molecule has 0 fully saturated rings. The number of hydrogen-bond donors (Lipinski definition) is 0. The van der Waals surface area contributed by atoms with E-state index in [9.17, 15) is 4.79 Å². The Balaban J connectivity index is 2.55. The van der Waals surface area contributed by atoms with E-state index in [1.165, 1.54) is 0 Å². The Kier molecular flexibility index (Phi) is 2.83. The quantitative estimate of drug-likeness (QED) is 0.755. The smallest absolute Gasteiger partial charge is 0.360 e. The van der Waals surface area contributed by atoms with E-state index in [1.54, 1.807) is 17.5 Å². The summed E-state index contributed by atoms with van der Waals surface area (Å²) in [6.45, 7) is 4.00. The second-order valence-corrected chi connectivity index (χ2v) is 3.76. The lowest BCUT2D eigenvalue weighted by atomic mass is 10.3. The highest BCUT2D eigenvalue weighted by molar-refractivity contribution is 6.32. The SMILES string of the molecule is CCOC(=O)c1nc2cc(C)ccn2c1Cl. The van der Waals surface area contributed by atoms with Gasteiger partial charge in [0.25, 0.3) is 0 Å². The molecule has 0 spiro atoms. The van der Waals surface area contributed by atoms with E-state index in [4.69, 9.17) is 16.3 Å². The number of aromatic nitrogens is 2. The van der Waals surface area contributed by atoms with Crippen molar-refractivity contribution in [3.05, 3.63) is 34.7 Å². The minimum absolute atomic E-state index is 0.161. The number of ether oxygens (including phenoxy) is 1. The van der Waals surface area contributed by atoms with Gasteiger partial charge in [0, 0.05) is 6.20 Å². The Morgan fingerprint density at radius 3 is 3.06 bits per heavy atom. The highest BCUT2D eigenvalue weighted by Gasteiger charge is 2.18. The van der Waals surface area contributed by atoms with E-state index in [1.807, 2.05) is 19.1 Å². The molecule has 0 atom stereocenters. The van der Waals surface area contributed by atoms with Crippen molar-refractivity contribution in [2.24, 2.45) is 0 Å². The molecular formula is C11H11ClN2O2. The number of pyridine rings is 1. The van der Waals surface area contributed by atoms with Crippen LogP contribution in [0.4, 0.5) is 0 Å². The van der Waals surface area contributed by atoms with Gasteiger partial charge in [-0.2, -0.15) is 0 Å². The maximum Gasteiger partial charge on any atom is 0.360 e. The Labute approximate surface area is 97.8 Å². The van der Waals surface area contributed by atoms with Crippen molar-refractivity contribution in [1.29, 1.82) is 0 Å². The maximum absolute atomic E-state index is 11.5. The number of esters is 1. The number of imidazole rings is 1. The predicted molar refractivity (Wildman–Crippen MR) is 60.9 cm³/mol. The third-order valence-corrected chi connectivity index (χ3v) is 2.55. The molecule has 0 saturated heterocycles. The second kappa shape index (κ2) is 4.14. The van der Waals surface area contributed by atoms with Gasteiger partial charge < -0.3 is 4.74 Å². The van der Waals surface area contributed by atoms with Crippen LogP contribution in [0.3, 0.4) is 0 Å². The number of halogens is 1. The van der Waals surface area contributed by atoms with Crippen molar-refractivity contribution in [3.8, 4) is 0 Å². The third-order valence-electron chi connectivity index (χ3n) is 2.19. The van der Waals surface area contributed by atoms with Crippen LogP contribution in [-0.2, 0) is 4.74 Å². The molecule has 0 aromatic carbocycles. The first-order chi connectivity index (χ1) is 7.63. The molecule has 2 aromatic heterocycles. The summed E-state index contributed by atoms with van der Waals surface area (Å²) < 4.78 is 6.52.